The van der Waals surface area contributed by atoms with Crippen molar-refractivity contribution in [3.8, 4) is 11.4 Å². The van der Waals surface area contributed by atoms with Crippen LogP contribution in [0.2, 0.25) is 0 Å². The number of anilines is 1. The fourth-order valence-electron chi connectivity index (χ4n) is 3.76. The molecule has 2 aromatic heterocycles. The third-order valence-electron chi connectivity index (χ3n) is 5.37. The lowest BCUT2D eigenvalue weighted by Gasteiger charge is -2.27. The molecule has 0 N–H and O–H groups in total. The molecule has 8 nitrogen and oxygen atoms in total. The lowest BCUT2D eigenvalue weighted by molar-refractivity contribution is 0.122. The van der Waals surface area contributed by atoms with Crippen molar-refractivity contribution < 1.29 is 18.3 Å². The molecule has 170 valence electrons. The summed E-state index contributed by atoms with van der Waals surface area (Å²) in [4.78, 5) is 14.2. The first-order valence-corrected chi connectivity index (χ1v) is 11.4. The maximum Gasteiger partial charge on any atom is 0.336 e. The molecule has 33 heavy (non-hydrogen) atoms. The molecule has 0 saturated carbocycles. The van der Waals surface area contributed by atoms with E-state index in [1.54, 1.807) is 19.2 Å². The Hall–Kier alpha value is -3.37. The van der Waals surface area contributed by atoms with Gasteiger partial charge in [0.05, 0.1) is 26.0 Å². The van der Waals surface area contributed by atoms with Gasteiger partial charge in [-0.2, -0.15) is 0 Å². The number of hydrogen-bond donors (Lipinski definition) is 0. The number of aromatic nitrogens is 3. The summed E-state index contributed by atoms with van der Waals surface area (Å²) in [5.74, 6) is 1.35. The van der Waals surface area contributed by atoms with E-state index in [4.69, 9.17) is 13.9 Å². The van der Waals surface area contributed by atoms with E-state index >= 15 is 0 Å². The zero-order valence-corrected chi connectivity index (χ0v) is 18.7. The number of nitrogens with zero attached hydrogens (tertiary/aromatic N) is 4. The highest BCUT2D eigenvalue weighted by molar-refractivity contribution is 7.98. The number of hydrogen-bond acceptors (Lipinski definition) is 8. The predicted octanol–water partition coefficient (Wildman–Crippen LogP) is 3.65. The Labute approximate surface area is 192 Å². The van der Waals surface area contributed by atoms with Crippen LogP contribution in [0.3, 0.4) is 0 Å². The molecule has 0 amide bonds. The van der Waals surface area contributed by atoms with Crippen molar-refractivity contribution in [1.29, 1.82) is 0 Å². The molecular weight excluding hydrogens is 447 g/mol. The molecule has 0 spiro atoms. The first-order chi connectivity index (χ1) is 16.1. The van der Waals surface area contributed by atoms with Crippen LogP contribution >= 0.6 is 11.8 Å². The smallest absolute Gasteiger partial charge is 0.336 e. The first-order valence-electron chi connectivity index (χ1n) is 10.4. The zero-order chi connectivity index (χ0) is 22.8. The second kappa shape index (κ2) is 9.24. The van der Waals surface area contributed by atoms with Crippen molar-refractivity contribution in [1.82, 2.24) is 14.8 Å². The van der Waals surface area contributed by atoms with Gasteiger partial charge in [-0.15, -0.1) is 10.2 Å². The Morgan fingerprint density at radius 3 is 2.76 bits per heavy atom. The van der Waals surface area contributed by atoms with Gasteiger partial charge >= 0.3 is 5.63 Å². The van der Waals surface area contributed by atoms with Gasteiger partial charge in [0.1, 0.15) is 17.1 Å². The van der Waals surface area contributed by atoms with Crippen LogP contribution in [-0.2, 0) is 10.5 Å². The Morgan fingerprint density at radius 2 is 1.97 bits per heavy atom. The quantitative estimate of drug-likeness (QED) is 0.313. The zero-order valence-electron chi connectivity index (χ0n) is 17.9. The van der Waals surface area contributed by atoms with E-state index in [0.29, 0.717) is 60.2 Å². The van der Waals surface area contributed by atoms with Crippen LogP contribution in [0.15, 0.2) is 62.9 Å². The molecule has 0 atom stereocenters. The SMILES string of the molecule is COc1ccc2c(CSc3nnc(N4CCOCC4)n3-c3cccc(F)c3)cc(=O)oc2c1. The van der Waals surface area contributed by atoms with E-state index in [9.17, 15) is 9.18 Å². The van der Waals surface area contributed by atoms with E-state index in [1.165, 1.54) is 30.0 Å². The highest BCUT2D eigenvalue weighted by atomic mass is 32.2. The van der Waals surface area contributed by atoms with Crippen molar-refractivity contribution >= 4 is 28.7 Å². The molecule has 0 radical (unpaired) electrons. The maximum atomic E-state index is 14.0. The standard InChI is InChI=1S/C23H21FN4O4S/c1-30-18-5-6-19-15(11-21(29)32-20(19)13-18)14-33-23-26-25-22(27-7-9-31-10-8-27)28(23)17-4-2-3-16(24)12-17/h2-6,11-13H,7-10,14H2,1H3. The third-order valence-corrected chi connectivity index (χ3v) is 6.35. The Balaban J connectivity index is 1.51. The number of fused-ring (bicyclic) bond motifs is 1. The second-order valence-corrected chi connectivity index (χ2v) is 8.38. The minimum absolute atomic E-state index is 0.342. The molecule has 10 heteroatoms. The molecule has 1 aliphatic heterocycles. The second-order valence-electron chi connectivity index (χ2n) is 7.44. The average Bonchev–Trinajstić information content (AvgIpc) is 3.26. The summed E-state index contributed by atoms with van der Waals surface area (Å²) < 4.78 is 31.9. The van der Waals surface area contributed by atoms with Crippen LogP contribution in [0.25, 0.3) is 16.7 Å². The molecule has 0 aliphatic carbocycles. The van der Waals surface area contributed by atoms with Crippen molar-refractivity contribution in [3.63, 3.8) is 0 Å². The van der Waals surface area contributed by atoms with E-state index < -0.39 is 5.63 Å². The van der Waals surface area contributed by atoms with Gasteiger partial charge in [0, 0.05) is 36.4 Å². The van der Waals surface area contributed by atoms with Gasteiger partial charge in [0.25, 0.3) is 0 Å². The van der Waals surface area contributed by atoms with Crippen molar-refractivity contribution in [2.24, 2.45) is 0 Å². The summed E-state index contributed by atoms with van der Waals surface area (Å²) in [6.07, 6.45) is 0. The minimum atomic E-state index is -0.438. The molecular formula is C23H21FN4O4S. The van der Waals surface area contributed by atoms with Crippen molar-refractivity contribution in [3.05, 3.63) is 70.3 Å². The molecule has 0 unspecified atom stereocenters. The van der Waals surface area contributed by atoms with Crippen LogP contribution in [0, 0.1) is 5.82 Å². The molecule has 1 fully saturated rings. The molecule has 5 rings (SSSR count). The summed E-state index contributed by atoms with van der Waals surface area (Å²) in [5.41, 5.74) is 1.45. The first kappa shape index (κ1) is 21.5. The number of morpholine rings is 1. The molecule has 1 aliphatic rings. The predicted molar refractivity (Wildman–Crippen MR) is 123 cm³/mol. The van der Waals surface area contributed by atoms with Gasteiger partial charge in [-0.05, 0) is 35.9 Å². The summed E-state index contributed by atoms with van der Waals surface area (Å²) in [5, 5.41) is 10.2. The summed E-state index contributed by atoms with van der Waals surface area (Å²) in [7, 11) is 1.56. The largest absolute Gasteiger partial charge is 0.497 e. The van der Waals surface area contributed by atoms with Gasteiger partial charge in [-0.25, -0.2) is 9.18 Å². The van der Waals surface area contributed by atoms with Gasteiger partial charge in [0.15, 0.2) is 5.16 Å². The molecule has 0 bridgehead atoms. The van der Waals surface area contributed by atoms with Gasteiger partial charge < -0.3 is 18.8 Å². The van der Waals surface area contributed by atoms with E-state index in [0.717, 1.165) is 10.9 Å². The summed E-state index contributed by atoms with van der Waals surface area (Å²) >= 11 is 1.42. The number of ether oxygens (including phenoxy) is 2. The molecule has 1 saturated heterocycles. The van der Waals surface area contributed by atoms with Crippen LogP contribution in [0.4, 0.5) is 10.3 Å². The third kappa shape index (κ3) is 4.44. The lowest BCUT2D eigenvalue weighted by Crippen LogP contribution is -2.37. The monoisotopic (exact) mass is 468 g/mol. The number of benzene rings is 2. The van der Waals surface area contributed by atoms with Crippen LogP contribution < -0.4 is 15.3 Å². The van der Waals surface area contributed by atoms with Gasteiger partial charge in [-0.3, -0.25) is 4.57 Å². The van der Waals surface area contributed by atoms with Crippen LogP contribution in [-0.4, -0.2) is 48.2 Å². The summed E-state index contributed by atoms with van der Waals surface area (Å²) in [6, 6.07) is 13.2. The number of rotatable bonds is 6. The number of methoxy groups -OCH3 is 1. The Kier molecular flexibility index (Phi) is 6.01. The van der Waals surface area contributed by atoms with E-state index in [1.807, 2.05) is 22.8 Å². The number of thioether (sulfide) groups is 1. The fourth-order valence-corrected chi connectivity index (χ4v) is 4.70. The lowest BCUT2D eigenvalue weighted by atomic mass is 10.1. The normalized spacial score (nSPS) is 14.1. The summed E-state index contributed by atoms with van der Waals surface area (Å²) in [6.45, 7) is 2.52. The Bertz CT molecular complexity index is 1350. The van der Waals surface area contributed by atoms with Crippen LogP contribution in [0.5, 0.6) is 5.75 Å². The highest BCUT2D eigenvalue weighted by Crippen LogP contribution is 2.31. The van der Waals surface area contributed by atoms with Crippen LogP contribution in [0.1, 0.15) is 5.56 Å². The molecule has 4 aromatic rings. The minimum Gasteiger partial charge on any atom is -0.497 e. The van der Waals surface area contributed by atoms with Gasteiger partial charge in [0.2, 0.25) is 5.95 Å². The van der Waals surface area contributed by atoms with Crippen molar-refractivity contribution in [2.45, 2.75) is 10.9 Å². The molecule has 2 aromatic carbocycles. The maximum absolute atomic E-state index is 14.0. The average molecular weight is 469 g/mol. The fraction of sp³-hybridized carbons (Fsp3) is 0.261. The Morgan fingerprint density at radius 1 is 1.12 bits per heavy atom. The van der Waals surface area contributed by atoms with Crippen molar-refractivity contribution in [2.75, 3.05) is 38.3 Å². The number of halogens is 1. The van der Waals surface area contributed by atoms with Gasteiger partial charge in [-0.1, -0.05) is 17.8 Å². The topological polar surface area (TPSA) is 82.6 Å². The highest BCUT2D eigenvalue weighted by Gasteiger charge is 2.22. The molecule has 3 heterocycles. The van der Waals surface area contributed by atoms with E-state index in [2.05, 4.69) is 15.1 Å². The van der Waals surface area contributed by atoms with E-state index in [-0.39, 0.29) is 5.82 Å².